The Labute approximate surface area is 207 Å². The summed E-state index contributed by atoms with van der Waals surface area (Å²) >= 11 is 0. The number of rotatable bonds is 13. The molecule has 0 aromatic heterocycles. The van der Waals surface area contributed by atoms with Gasteiger partial charge in [-0.05, 0) is 11.1 Å². The Bertz CT molecular complexity index is 1090. The van der Waals surface area contributed by atoms with E-state index in [0.29, 0.717) is 5.56 Å². The molecule has 2 rings (SSSR count). The fourth-order valence-electron chi connectivity index (χ4n) is 3.25. The van der Waals surface area contributed by atoms with Crippen LogP contribution < -0.4 is 16.0 Å². The molecular formula is C23H28N3O9P. The molecule has 2 aromatic rings. The zero-order chi connectivity index (χ0) is 26.7. The van der Waals surface area contributed by atoms with Crippen LogP contribution in [0.15, 0.2) is 60.7 Å². The molecule has 3 atom stereocenters. The Morgan fingerprint density at radius 2 is 1.19 bits per heavy atom. The van der Waals surface area contributed by atoms with Crippen molar-refractivity contribution in [2.45, 2.75) is 37.9 Å². The lowest BCUT2D eigenvalue weighted by molar-refractivity contribution is -0.143. The highest BCUT2D eigenvalue weighted by Gasteiger charge is 2.31. The third-order valence-electron chi connectivity index (χ3n) is 4.92. The van der Waals surface area contributed by atoms with E-state index in [1.54, 1.807) is 60.7 Å². The molecule has 0 aliphatic heterocycles. The van der Waals surface area contributed by atoms with Gasteiger partial charge in [0.2, 0.25) is 17.7 Å². The number of carboxylic acid groups (broad SMARTS) is 1. The Morgan fingerprint density at radius 1 is 0.778 bits per heavy atom. The van der Waals surface area contributed by atoms with Crippen LogP contribution in [0.5, 0.6) is 0 Å². The van der Waals surface area contributed by atoms with Gasteiger partial charge in [-0.15, -0.1) is 0 Å². The van der Waals surface area contributed by atoms with Crippen molar-refractivity contribution in [3.63, 3.8) is 0 Å². The zero-order valence-corrected chi connectivity index (χ0v) is 20.3. The van der Waals surface area contributed by atoms with Crippen LogP contribution in [0.3, 0.4) is 0 Å². The number of carbonyl (C=O) groups is 4. The first-order chi connectivity index (χ1) is 16.9. The highest BCUT2D eigenvalue weighted by atomic mass is 31.2. The summed E-state index contributed by atoms with van der Waals surface area (Å²) in [7, 11) is -4.99. The molecule has 12 nitrogen and oxygen atoms in total. The molecule has 194 valence electrons. The fourth-order valence-corrected chi connectivity index (χ4v) is 3.60. The molecule has 0 spiro atoms. The lowest BCUT2D eigenvalue weighted by Crippen LogP contribution is -2.57. The van der Waals surface area contributed by atoms with Crippen molar-refractivity contribution in [1.82, 2.24) is 16.0 Å². The summed E-state index contributed by atoms with van der Waals surface area (Å²) < 4.78 is 15.2. The second-order valence-electron chi connectivity index (χ2n) is 7.88. The summed E-state index contributed by atoms with van der Waals surface area (Å²) in [5.41, 5.74) is 1.41. The van der Waals surface area contributed by atoms with Crippen molar-refractivity contribution in [2.75, 3.05) is 6.61 Å². The van der Waals surface area contributed by atoms with E-state index in [0.717, 1.165) is 5.56 Å². The Morgan fingerprint density at radius 3 is 1.58 bits per heavy atom. The number of amides is 3. The molecular weight excluding hydrogens is 493 g/mol. The van der Waals surface area contributed by atoms with E-state index in [2.05, 4.69) is 20.5 Å². The molecule has 2 aromatic carbocycles. The highest BCUT2D eigenvalue weighted by molar-refractivity contribution is 7.46. The van der Waals surface area contributed by atoms with Crippen LogP contribution in [0.25, 0.3) is 0 Å². The maximum Gasteiger partial charge on any atom is 0.469 e. The van der Waals surface area contributed by atoms with Crippen molar-refractivity contribution in [3.05, 3.63) is 71.8 Å². The van der Waals surface area contributed by atoms with Gasteiger partial charge in [0.15, 0.2) is 6.04 Å². The van der Waals surface area contributed by atoms with Crippen LogP contribution in [0.1, 0.15) is 18.1 Å². The highest BCUT2D eigenvalue weighted by Crippen LogP contribution is 2.35. The molecule has 0 saturated heterocycles. The molecule has 6 N–H and O–H groups in total. The summed E-state index contributed by atoms with van der Waals surface area (Å²) in [6.07, 6.45) is 0.113. The summed E-state index contributed by atoms with van der Waals surface area (Å²) in [6.45, 7) is 0.248. The maximum atomic E-state index is 13.1. The molecule has 0 aliphatic carbocycles. The average molecular weight is 521 g/mol. The van der Waals surface area contributed by atoms with Gasteiger partial charge in [-0.3, -0.25) is 18.9 Å². The van der Waals surface area contributed by atoms with E-state index >= 15 is 0 Å². The fraction of sp³-hybridized carbons (Fsp3) is 0.304. The van der Waals surface area contributed by atoms with Crippen LogP contribution in [0.4, 0.5) is 0 Å². The number of carbonyl (C=O) groups excluding carboxylic acids is 3. The second kappa shape index (κ2) is 13.5. The summed E-state index contributed by atoms with van der Waals surface area (Å²) in [6, 6.07) is 13.4. The largest absolute Gasteiger partial charge is 0.480 e. The van der Waals surface area contributed by atoms with E-state index in [1.165, 1.54) is 6.92 Å². The van der Waals surface area contributed by atoms with E-state index in [9.17, 15) is 28.8 Å². The quantitative estimate of drug-likeness (QED) is 0.199. The molecule has 3 amide bonds. The second-order valence-corrected chi connectivity index (χ2v) is 9.12. The van der Waals surface area contributed by atoms with Crippen molar-refractivity contribution in [3.8, 4) is 0 Å². The summed E-state index contributed by atoms with van der Waals surface area (Å²) in [5.74, 6) is -3.66. The minimum absolute atomic E-state index is 0.0256. The molecule has 0 unspecified atom stereocenters. The Hall–Kier alpha value is -3.57. The molecule has 36 heavy (non-hydrogen) atoms. The van der Waals surface area contributed by atoms with Crippen LogP contribution >= 0.6 is 7.82 Å². The normalized spacial score (nSPS) is 13.6. The van der Waals surface area contributed by atoms with E-state index < -0.39 is 56.2 Å². The third-order valence-corrected chi connectivity index (χ3v) is 5.40. The van der Waals surface area contributed by atoms with Gasteiger partial charge in [0.05, 0.1) is 6.61 Å². The first kappa shape index (κ1) is 28.7. The lowest BCUT2D eigenvalue weighted by Gasteiger charge is -2.24. The number of nitrogens with one attached hydrogen (secondary N) is 3. The SMILES string of the molecule is CC(=O)N[C@@H](Cc1ccccc1)C(=O)N[C@@H](Cc1ccccc1)C(=O)N[C@@H](COP(=O)(O)O)C(=O)O. The summed E-state index contributed by atoms with van der Waals surface area (Å²) in [4.78, 5) is 67.0. The van der Waals surface area contributed by atoms with Crippen LogP contribution in [0, 0.1) is 0 Å². The standard InChI is InChI=1S/C23H28N3O9P/c1-15(27)24-18(12-16-8-4-2-5-9-16)21(28)25-19(13-17-10-6-3-7-11-17)22(29)26-20(23(30)31)14-35-36(32,33)34/h2-11,18-20H,12-14H2,1H3,(H,24,27)(H,25,28)(H,26,29)(H,30,31)(H2,32,33,34)/t18-,19-,20-/m0/s1. The molecule has 0 bridgehead atoms. The molecule has 0 heterocycles. The molecule has 0 radical (unpaired) electrons. The van der Waals surface area contributed by atoms with Gasteiger partial charge in [0.25, 0.3) is 0 Å². The molecule has 0 aliphatic rings. The maximum absolute atomic E-state index is 13.1. The Balaban J connectivity index is 2.23. The number of benzene rings is 2. The van der Waals surface area contributed by atoms with Crippen molar-refractivity contribution < 1.29 is 43.2 Å². The van der Waals surface area contributed by atoms with Gasteiger partial charge < -0.3 is 30.8 Å². The monoisotopic (exact) mass is 521 g/mol. The van der Waals surface area contributed by atoms with E-state index in [4.69, 9.17) is 9.79 Å². The first-order valence-electron chi connectivity index (χ1n) is 10.8. The van der Waals surface area contributed by atoms with E-state index in [1.807, 2.05) is 0 Å². The van der Waals surface area contributed by atoms with Gasteiger partial charge >= 0.3 is 13.8 Å². The van der Waals surface area contributed by atoms with Crippen LogP contribution in [-0.4, -0.2) is 63.3 Å². The molecule has 0 saturated carbocycles. The number of carboxylic acids is 1. The van der Waals surface area contributed by atoms with Gasteiger partial charge in [0.1, 0.15) is 12.1 Å². The van der Waals surface area contributed by atoms with Crippen molar-refractivity contribution >= 4 is 31.5 Å². The predicted molar refractivity (Wildman–Crippen MR) is 127 cm³/mol. The number of phosphoric ester groups is 1. The smallest absolute Gasteiger partial charge is 0.469 e. The average Bonchev–Trinajstić information content (AvgIpc) is 2.81. The number of hydrogen-bond donors (Lipinski definition) is 6. The van der Waals surface area contributed by atoms with Gasteiger partial charge in [-0.25, -0.2) is 9.36 Å². The topological polar surface area (TPSA) is 191 Å². The van der Waals surface area contributed by atoms with Gasteiger partial charge in [-0.1, -0.05) is 60.7 Å². The number of aliphatic carboxylic acids is 1. The third kappa shape index (κ3) is 10.4. The predicted octanol–water partition coefficient (Wildman–Crippen LogP) is 0.140. The molecule has 0 fully saturated rings. The van der Waals surface area contributed by atoms with Crippen LogP contribution in [0.2, 0.25) is 0 Å². The first-order valence-corrected chi connectivity index (χ1v) is 12.4. The minimum Gasteiger partial charge on any atom is -0.480 e. The van der Waals surface area contributed by atoms with Gasteiger partial charge in [0, 0.05) is 19.8 Å². The van der Waals surface area contributed by atoms with E-state index in [-0.39, 0.29) is 12.8 Å². The number of phosphoric acid groups is 1. The zero-order valence-electron chi connectivity index (χ0n) is 19.4. The number of hydrogen-bond acceptors (Lipinski definition) is 6. The minimum atomic E-state index is -4.99. The van der Waals surface area contributed by atoms with Crippen LogP contribution in [-0.2, 0) is 41.1 Å². The Kier molecular flexibility index (Phi) is 10.8. The lowest BCUT2D eigenvalue weighted by atomic mass is 10.0. The van der Waals surface area contributed by atoms with Gasteiger partial charge in [-0.2, -0.15) is 0 Å². The van der Waals surface area contributed by atoms with Crippen molar-refractivity contribution in [2.24, 2.45) is 0 Å². The van der Waals surface area contributed by atoms with Crippen molar-refractivity contribution in [1.29, 1.82) is 0 Å². The summed E-state index contributed by atoms with van der Waals surface area (Å²) in [5, 5.41) is 16.6. The molecule has 13 heteroatoms.